The highest BCUT2D eigenvalue weighted by molar-refractivity contribution is 5.05. The molecule has 2 aliphatic rings. The highest BCUT2D eigenvalue weighted by atomic mass is 16.3. The SMILES string of the molecule is OC[C@]12CCNC[C@H]1C2. The van der Waals surface area contributed by atoms with Crippen molar-refractivity contribution in [2.75, 3.05) is 19.7 Å². The Kier molecular flexibility index (Phi) is 1.08. The second-order valence-electron chi connectivity index (χ2n) is 3.38. The molecule has 2 nitrogen and oxygen atoms in total. The van der Waals surface area contributed by atoms with Crippen molar-refractivity contribution in [1.82, 2.24) is 5.32 Å². The Morgan fingerprint density at radius 1 is 1.67 bits per heavy atom. The van der Waals surface area contributed by atoms with E-state index in [9.17, 15) is 0 Å². The molecule has 0 aromatic carbocycles. The average molecular weight is 127 g/mol. The molecular formula is C7H13NO. The molecular weight excluding hydrogens is 114 g/mol. The smallest absolute Gasteiger partial charge is 0.0491 e. The van der Waals surface area contributed by atoms with Gasteiger partial charge in [0.2, 0.25) is 0 Å². The highest BCUT2D eigenvalue weighted by Gasteiger charge is 2.54. The quantitative estimate of drug-likeness (QED) is 0.519. The molecule has 0 unspecified atom stereocenters. The maximum atomic E-state index is 8.96. The molecule has 9 heavy (non-hydrogen) atoms. The lowest BCUT2D eigenvalue weighted by Gasteiger charge is -2.19. The van der Waals surface area contributed by atoms with Crippen molar-refractivity contribution < 1.29 is 5.11 Å². The molecule has 2 rings (SSSR count). The van der Waals surface area contributed by atoms with Crippen LogP contribution in [0.25, 0.3) is 0 Å². The standard InChI is InChI=1S/C7H13NO/c9-5-7-1-2-8-4-6(7)3-7/h6,8-9H,1-5H2/t6-,7-/m1/s1. The topological polar surface area (TPSA) is 32.3 Å². The van der Waals surface area contributed by atoms with Gasteiger partial charge in [0.1, 0.15) is 0 Å². The minimum absolute atomic E-state index is 0.380. The van der Waals surface area contributed by atoms with Crippen LogP contribution in [0.5, 0.6) is 0 Å². The van der Waals surface area contributed by atoms with Gasteiger partial charge in [0.05, 0.1) is 0 Å². The van der Waals surface area contributed by atoms with E-state index < -0.39 is 0 Å². The van der Waals surface area contributed by atoms with Crippen molar-refractivity contribution in [2.45, 2.75) is 12.8 Å². The minimum Gasteiger partial charge on any atom is -0.396 e. The van der Waals surface area contributed by atoms with Crippen LogP contribution in [-0.4, -0.2) is 24.8 Å². The maximum absolute atomic E-state index is 8.96. The van der Waals surface area contributed by atoms with Gasteiger partial charge in [-0.15, -0.1) is 0 Å². The molecule has 0 radical (unpaired) electrons. The first-order chi connectivity index (χ1) is 4.37. The molecule has 1 saturated carbocycles. The van der Waals surface area contributed by atoms with Gasteiger partial charge in [-0.1, -0.05) is 0 Å². The zero-order chi connectivity index (χ0) is 6.32. The van der Waals surface area contributed by atoms with E-state index in [1.54, 1.807) is 0 Å². The van der Waals surface area contributed by atoms with Crippen LogP contribution in [0.15, 0.2) is 0 Å². The summed E-state index contributed by atoms with van der Waals surface area (Å²) in [6.07, 6.45) is 2.45. The molecule has 0 amide bonds. The lowest BCUT2D eigenvalue weighted by Crippen LogP contribution is -2.30. The molecule has 1 saturated heterocycles. The van der Waals surface area contributed by atoms with Crippen molar-refractivity contribution in [3.05, 3.63) is 0 Å². The summed E-state index contributed by atoms with van der Waals surface area (Å²) in [5.74, 6) is 0.802. The largest absolute Gasteiger partial charge is 0.396 e. The first-order valence-corrected chi connectivity index (χ1v) is 3.69. The van der Waals surface area contributed by atoms with E-state index >= 15 is 0 Å². The molecule has 2 atom stereocenters. The van der Waals surface area contributed by atoms with E-state index in [1.807, 2.05) is 0 Å². The van der Waals surface area contributed by atoms with E-state index in [0.29, 0.717) is 12.0 Å². The van der Waals surface area contributed by atoms with Crippen molar-refractivity contribution >= 4 is 0 Å². The zero-order valence-electron chi connectivity index (χ0n) is 5.56. The zero-order valence-corrected chi connectivity index (χ0v) is 5.56. The Bertz CT molecular complexity index is 126. The molecule has 2 N–H and O–H groups in total. The van der Waals surface area contributed by atoms with Crippen molar-refractivity contribution in [3.8, 4) is 0 Å². The molecule has 1 heterocycles. The van der Waals surface area contributed by atoms with Crippen LogP contribution in [0.3, 0.4) is 0 Å². The molecule has 0 aromatic rings. The number of fused-ring (bicyclic) bond motifs is 1. The maximum Gasteiger partial charge on any atom is 0.0491 e. The second kappa shape index (κ2) is 1.70. The second-order valence-corrected chi connectivity index (χ2v) is 3.38. The van der Waals surface area contributed by atoms with Gasteiger partial charge in [0.25, 0.3) is 0 Å². The van der Waals surface area contributed by atoms with E-state index in [2.05, 4.69) is 5.32 Å². The number of nitrogens with one attached hydrogen (secondary N) is 1. The highest BCUT2D eigenvalue weighted by Crippen LogP contribution is 2.55. The van der Waals surface area contributed by atoms with Gasteiger partial charge in [-0.05, 0) is 37.3 Å². The first-order valence-electron chi connectivity index (χ1n) is 3.69. The summed E-state index contributed by atoms with van der Waals surface area (Å²) in [5, 5.41) is 12.3. The molecule has 1 aliphatic heterocycles. The summed E-state index contributed by atoms with van der Waals surface area (Å²) in [6, 6.07) is 0. The minimum atomic E-state index is 0.380. The van der Waals surface area contributed by atoms with Crippen molar-refractivity contribution in [1.29, 1.82) is 0 Å². The monoisotopic (exact) mass is 127 g/mol. The van der Waals surface area contributed by atoms with E-state index in [0.717, 1.165) is 19.0 Å². The van der Waals surface area contributed by atoms with E-state index in [4.69, 9.17) is 5.11 Å². The van der Waals surface area contributed by atoms with Gasteiger partial charge >= 0.3 is 0 Å². The average Bonchev–Trinajstić information content (AvgIpc) is 2.62. The molecule has 1 aliphatic carbocycles. The fraction of sp³-hybridized carbons (Fsp3) is 1.00. The molecule has 0 aromatic heterocycles. The van der Waals surface area contributed by atoms with Gasteiger partial charge in [-0.2, -0.15) is 0 Å². The normalized spacial score (nSPS) is 48.3. The summed E-state index contributed by atoms with van der Waals surface area (Å²) in [4.78, 5) is 0. The van der Waals surface area contributed by atoms with Crippen molar-refractivity contribution in [3.63, 3.8) is 0 Å². The first kappa shape index (κ1) is 5.69. The third-order valence-electron chi connectivity index (χ3n) is 2.86. The van der Waals surface area contributed by atoms with Crippen LogP contribution in [0.4, 0.5) is 0 Å². The number of aliphatic hydroxyl groups is 1. The number of piperidine rings is 1. The molecule has 0 bridgehead atoms. The van der Waals surface area contributed by atoms with Crippen LogP contribution in [0.1, 0.15) is 12.8 Å². The molecule has 0 spiro atoms. The Morgan fingerprint density at radius 3 is 3.11 bits per heavy atom. The van der Waals surface area contributed by atoms with E-state index in [-0.39, 0.29) is 0 Å². The Labute approximate surface area is 55.3 Å². The third kappa shape index (κ3) is 0.700. The van der Waals surface area contributed by atoms with Gasteiger partial charge < -0.3 is 10.4 Å². The van der Waals surface area contributed by atoms with E-state index in [1.165, 1.54) is 12.8 Å². The van der Waals surface area contributed by atoms with Crippen LogP contribution in [-0.2, 0) is 0 Å². The molecule has 2 heteroatoms. The summed E-state index contributed by atoms with van der Waals surface area (Å²) >= 11 is 0. The molecule has 2 fully saturated rings. The van der Waals surface area contributed by atoms with Gasteiger partial charge in [0.15, 0.2) is 0 Å². The van der Waals surface area contributed by atoms with Gasteiger partial charge in [0, 0.05) is 6.61 Å². The van der Waals surface area contributed by atoms with Crippen LogP contribution in [0, 0.1) is 11.3 Å². The Morgan fingerprint density at radius 2 is 2.56 bits per heavy atom. The predicted molar refractivity (Wildman–Crippen MR) is 35.1 cm³/mol. The summed E-state index contributed by atoms with van der Waals surface area (Å²) in [7, 11) is 0. The summed E-state index contributed by atoms with van der Waals surface area (Å²) in [6.45, 7) is 2.66. The number of aliphatic hydroxyl groups excluding tert-OH is 1. The summed E-state index contributed by atoms with van der Waals surface area (Å²) in [5.41, 5.74) is 0.380. The Hall–Kier alpha value is -0.0800. The Balaban J connectivity index is 2.01. The lowest BCUT2D eigenvalue weighted by atomic mass is 9.98. The fourth-order valence-corrected chi connectivity index (χ4v) is 1.91. The third-order valence-corrected chi connectivity index (χ3v) is 2.86. The fourth-order valence-electron chi connectivity index (χ4n) is 1.91. The summed E-state index contributed by atoms with van der Waals surface area (Å²) < 4.78 is 0. The van der Waals surface area contributed by atoms with Crippen LogP contribution in [0.2, 0.25) is 0 Å². The van der Waals surface area contributed by atoms with Gasteiger partial charge in [-0.25, -0.2) is 0 Å². The van der Waals surface area contributed by atoms with Gasteiger partial charge in [-0.3, -0.25) is 0 Å². The van der Waals surface area contributed by atoms with Crippen LogP contribution < -0.4 is 5.32 Å². The van der Waals surface area contributed by atoms with Crippen LogP contribution >= 0.6 is 0 Å². The molecule has 52 valence electrons. The predicted octanol–water partition coefficient (Wildman–Crippen LogP) is -0.0217. The number of hydrogen-bond donors (Lipinski definition) is 2. The lowest BCUT2D eigenvalue weighted by molar-refractivity contribution is 0.176. The number of hydrogen-bond acceptors (Lipinski definition) is 2. The van der Waals surface area contributed by atoms with Crippen molar-refractivity contribution in [2.24, 2.45) is 11.3 Å². The number of rotatable bonds is 1.